The second-order valence-corrected chi connectivity index (χ2v) is 6.20. The van der Waals surface area contributed by atoms with E-state index in [4.69, 9.17) is 9.47 Å². The summed E-state index contributed by atoms with van der Waals surface area (Å²) in [5.41, 5.74) is 1.96. The zero-order valence-corrected chi connectivity index (χ0v) is 14.8. The lowest BCUT2D eigenvalue weighted by molar-refractivity contribution is -0.119. The molecule has 1 amide bonds. The molecule has 7 heteroatoms. The van der Waals surface area contributed by atoms with Crippen LogP contribution in [0.2, 0.25) is 0 Å². The molecular formula is C18H24N4O3. The summed E-state index contributed by atoms with van der Waals surface area (Å²) < 4.78 is 12.4. The highest BCUT2D eigenvalue weighted by Crippen LogP contribution is 2.28. The molecule has 1 atom stereocenters. The lowest BCUT2D eigenvalue weighted by Crippen LogP contribution is -2.26. The number of benzene rings is 1. The van der Waals surface area contributed by atoms with Gasteiger partial charge < -0.3 is 20.1 Å². The van der Waals surface area contributed by atoms with Crippen LogP contribution in [0.15, 0.2) is 24.4 Å². The zero-order valence-electron chi connectivity index (χ0n) is 14.8. The topological polar surface area (TPSA) is 77.4 Å². The number of aryl methyl sites for hydroxylation is 1. The van der Waals surface area contributed by atoms with Gasteiger partial charge in [0.25, 0.3) is 0 Å². The molecule has 3 rings (SSSR count). The van der Waals surface area contributed by atoms with Gasteiger partial charge in [0.2, 0.25) is 5.91 Å². The summed E-state index contributed by atoms with van der Waals surface area (Å²) >= 11 is 0. The number of carbonyl (C=O) groups is 1. The smallest absolute Gasteiger partial charge is 0.229 e. The molecular weight excluding hydrogens is 320 g/mol. The van der Waals surface area contributed by atoms with Crippen LogP contribution in [0.4, 0.5) is 5.82 Å². The van der Waals surface area contributed by atoms with E-state index in [-0.39, 0.29) is 11.8 Å². The SMILES string of the molecule is COc1ccc(Cn2ncc(C)c2NC(=O)C2CCNC2)cc1OC. The highest BCUT2D eigenvalue weighted by atomic mass is 16.5. The molecule has 7 nitrogen and oxygen atoms in total. The Labute approximate surface area is 147 Å². The van der Waals surface area contributed by atoms with E-state index in [2.05, 4.69) is 15.7 Å². The Morgan fingerprint density at radius 3 is 2.84 bits per heavy atom. The summed E-state index contributed by atoms with van der Waals surface area (Å²) in [4.78, 5) is 12.4. The number of methoxy groups -OCH3 is 2. The van der Waals surface area contributed by atoms with Gasteiger partial charge in [-0.15, -0.1) is 0 Å². The van der Waals surface area contributed by atoms with Gasteiger partial charge in [-0.1, -0.05) is 6.07 Å². The van der Waals surface area contributed by atoms with E-state index < -0.39 is 0 Å². The number of anilines is 1. The summed E-state index contributed by atoms with van der Waals surface area (Å²) in [6.45, 7) is 4.10. The maximum absolute atomic E-state index is 12.4. The van der Waals surface area contributed by atoms with Crippen molar-refractivity contribution in [3.63, 3.8) is 0 Å². The second-order valence-electron chi connectivity index (χ2n) is 6.20. The minimum atomic E-state index is 0.0174. The van der Waals surface area contributed by atoms with E-state index in [0.717, 1.165) is 36.5 Å². The van der Waals surface area contributed by atoms with Crippen molar-refractivity contribution >= 4 is 11.7 Å². The van der Waals surface area contributed by atoms with Gasteiger partial charge in [-0.05, 0) is 37.6 Å². The van der Waals surface area contributed by atoms with E-state index in [1.165, 1.54) is 0 Å². The molecule has 1 aromatic carbocycles. The van der Waals surface area contributed by atoms with E-state index in [1.54, 1.807) is 25.1 Å². The van der Waals surface area contributed by atoms with Crippen LogP contribution in [0.5, 0.6) is 11.5 Å². The summed E-state index contributed by atoms with van der Waals surface area (Å²) in [6, 6.07) is 5.75. The fourth-order valence-electron chi connectivity index (χ4n) is 3.01. The molecule has 0 saturated carbocycles. The molecule has 0 radical (unpaired) electrons. The number of ether oxygens (including phenoxy) is 2. The van der Waals surface area contributed by atoms with Gasteiger partial charge in [0.05, 0.1) is 32.9 Å². The molecule has 2 heterocycles. The van der Waals surface area contributed by atoms with E-state index in [0.29, 0.717) is 18.0 Å². The van der Waals surface area contributed by atoms with Crippen molar-refractivity contribution in [3.8, 4) is 11.5 Å². The third-order valence-corrected chi connectivity index (χ3v) is 4.48. The maximum Gasteiger partial charge on any atom is 0.229 e. The van der Waals surface area contributed by atoms with Gasteiger partial charge in [0, 0.05) is 12.1 Å². The molecule has 1 aromatic heterocycles. The number of hydrogen-bond acceptors (Lipinski definition) is 5. The predicted molar refractivity (Wildman–Crippen MR) is 95.2 cm³/mol. The molecule has 0 bridgehead atoms. The number of hydrogen-bond donors (Lipinski definition) is 2. The Bertz CT molecular complexity index is 751. The number of amides is 1. The fraction of sp³-hybridized carbons (Fsp3) is 0.444. The van der Waals surface area contributed by atoms with Crippen LogP contribution in [0.1, 0.15) is 17.5 Å². The Morgan fingerprint density at radius 1 is 1.36 bits per heavy atom. The summed E-state index contributed by atoms with van der Waals surface area (Å²) in [5, 5.41) is 10.7. The van der Waals surface area contributed by atoms with Gasteiger partial charge in [0.15, 0.2) is 11.5 Å². The van der Waals surface area contributed by atoms with Crippen LogP contribution in [0.25, 0.3) is 0 Å². The first-order valence-electron chi connectivity index (χ1n) is 8.37. The van der Waals surface area contributed by atoms with Crippen molar-refractivity contribution in [2.45, 2.75) is 19.9 Å². The molecule has 1 saturated heterocycles. The van der Waals surface area contributed by atoms with Crippen LogP contribution in [0.3, 0.4) is 0 Å². The first-order chi connectivity index (χ1) is 12.1. The van der Waals surface area contributed by atoms with Crippen molar-refractivity contribution in [1.82, 2.24) is 15.1 Å². The molecule has 1 aliphatic rings. The minimum Gasteiger partial charge on any atom is -0.493 e. The molecule has 1 unspecified atom stereocenters. The van der Waals surface area contributed by atoms with Crippen molar-refractivity contribution in [3.05, 3.63) is 35.5 Å². The fourth-order valence-corrected chi connectivity index (χ4v) is 3.01. The molecule has 1 aliphatic heterocycles. The van der Waals surface area contributed by atoms with Crippen LogP contribution in [-0.4, -0.2) is 43.0 Å². The van der Waals surface area contributed by atoms with Gasteiger partial charge in [0.1, 0.15) is 5.82 Å². The molecule has 134 valence electrons. The highest BCUT2D eigenvalue weighted by molar-refractivity contribution is 5.92. The average molecular weight is 344 g/mol. The van der Waals surface area contributed by atoms with Gasteiger partial charge in [-0.25, -0.2) is 4.68 Å². The molecule has 2 aromatic rings. The number of rotatable bonds is 6. The Kier molecular flexibility index (Phi) is 5.23. The number of aromatic nitrogens is 2. The predicted octanol–water partition coefficient (Wildman–Crippen LogP) is 1.81. The second kappa shape index (κ2) is 7.57. The standard InChI is InChI=1S/C18H24N4O3/c1-12-9-20-22(17(12)21-18(23)14-6-7-19-10-14)11-13-4-5-15(24-2)16(8-13)25-3/h4-5,8-9,14,19H,6-7,10-11H2,1-3H3,(H,21,23). The van der Waals surface area contributed by atoms with Crippen molar-refractivity contribution < 1.29 is 14.3 Å². The van der Waals surface area contributed by atoms with Crippen molar-refractivity contribution in [2.24, 2.45) is 5.92 Å². The number of nitrogens with one attached hydrogen (secondary N) is 2. The Hall–Kier alpha value is -2.54. The maximum atomic E-state index is 12.4. The quantitative estimate of drug-likeness (QED) is 0.836. The third kappa shape index (κ3) is 3.76. The minimum absolute atomic E-state index is 0.0174. The molecule has 2 N–H and O–H groups in total. The van der Waals surface area contributed by atoms with Crippen molar-refractivity contribution in [1.29, 1.82) is 0 Å². The van der Waals surface area contributed by atoms with Crippen LogP contribution in [-0.2, 0) is 11.3 Å². The average Bonchev–Trinajstić information content (AvgIpc) is 3.27. The van der Waals surface area contributed by atoms with Gasteiger partial charge >= 0.3 is 0 Å². The molecule has 0 spiro atoms. The Balaban J connectivity index is 1.78. The first-order valence-corrected chi connectivity index (χ1v) is 8.37. The van der Waals surface area contributed by atoms with Crippen LogP contribution in [0, 0.1) is 12.8 Å². The van der Waals surface area contributed by atoms with Crippen molar-refractivity contribution in [2.75, 3.05) is 32.6 Å². The summed E-state index contributed by atoms with van der Waals surface area (Å²) in [6.07, 6.45) is 2.64. The Morgan fingerprint density at radius 2 is 2.16 bits per heavy atom. The normalized spacial score (nSPS) is 16.7. The summed E-state index contributed by atoms with van der Waals surface area (Å²) in [5.74, 6) is 2.16. The van der Waals surface area contributed by atoms with Gasteiger partial charge in [-0.3, -0.25) is 4.79 Å². The highest BCUT2D eigenvalue weighted by Gasteiger charge is 2.24. The molecule has 25 heavy (non-hydrogen) atoms. The molecule has 0 aliphatic carbocycles. The number of carbonyl (C=O) groups excluding carboxylic acids is 1. The lowest BCUT2D eigenvalue weighted by Gasteiger charge is -2.14. The summed E-state index contributed by atoms with van der Waals surface area (Å²) in [7, 11) is 3.22. The van der Waals surface area contributed by atoms with E-state index >= 15 is 0 Å². The lowest BCUT2D eigenvalue weighted by atomic mass is 10.1. The number of nitrogens with zero attached hydrogens (tertiary/aromatic N) is 2. The van der Waals surface area contributed by atoms with E-state index in [9.17, 15) is 4.79 Å². The monoisotopic (exact) mass is 344 g/mol. The first kappa shape index (κ1) is 17.3. The van der Waals surface area contributed by atoms with Crippen LogP contribution < -0.4 is 20.1 Å². The zero-order chi connectivity index (χ0) is 17.8. The molecule has 1 fully saturated rings. The third-order valence-electron chi connectivity index (χ3n) is 4.48. The largest absolute Gasteiger partial charge is 0.493 e. The van der Waals surface area contributed by atoms with Gasteiger partial charge in [-0.2, -0.15) is 5.10 Å². The van der Waals surface area contributed by atoms with E-state index in [1.807, 2.05) is 25.1 Å². The van der Waals surface area contributed by atoms with Crippen LogP contribution >= 0.6 is 0 Å².